The lowest BCUT2D eigenvalue weighted by atomic mass is 10.1. The van der Waals surface area contributed by atoms with Gasteiger partial charge in [0, 0.05) is 24.6 Å². The third-order valence-electron chi connectivity index (χ3n) is 2.59. The third-order valence-corrected chi connectivity index (χ3v) is 3.53. The number of hydrogen-bond acceptors (Lipinski definition) is 4. The molecule has 4 heteroatoms. The van der Waals surface area contributed by atoms with E-state index in [1.54, 1.807) is 0 Å². The molecular weight excluding hydrogens is 198 g/mol. The number of esters is 1. The average molecular weight is 217 g/mol. The van der Waals surface area contributed by atoms with Crippen molar-refractivity contribution in [3.63, 3.8) is 0 Å². The molecule has 0 spiro atoms. The summed E-state index contributed by atoms with van der Waals surface area (Å²) in [6.07, 6.45) is 0.914. The number of carbonyl (C=O) groups excluding carboxylic acids is 1. The zero-order valence-electron chi connectivity index (χ0n) is 8.99. The molecule has 0 unspecified atom stereocenters. The van der Waals surface area contributed by atoms with Gasteiger partial charge in [-0.05, 0) is 13.0 Å². The lowest BCUT2D eigenvalue weighted by Crippen LogP contribution is -2.34. The number of thioether (sulfide) groups is 1. The van der Waals surface area contributed by atoms with E-state index in [1.807, 2.05) is 18.7 Å². The van der Waals surface area contributed by atoms with Crippen LogP contribution in [0.25, 0.3) is 0 Å². The molecule has 0 saturated carbocycles. The van der Waals surface area contributed by atoms with Gasteiger partial charge in [-0.3, -0.25) is 4.79 Å². The number of ether oxygens (including phenoxy) is 1. The fourth-order valence-electron chi connectivity index (χ4n) is 1.52. The summed E-state index contributed by atoms with van der Waals surface area (Å²) in [5.41, 5.74) is 0. The smallest absolute Gasteiger partial charge is 0.308 e. The van der Waals surface area contributed by atoms with Crippen molar-refractivity contribution in [2.45, 2.75) is 13.3 Å². The van der Waals surface area contributed by atoms with E-state index in [0.29, 0.717) is 0 Å². The van der Waals surface area contributed by atoms with E-state index in [4.69, 9.17) is 4.74 Å². The maximum Gasteiger partial charge on any atom is 0.308 e. The van der Waals surface area contributed by atoms with Gasteiger partial charge in [-0.15, -0.1) is 0 Å². The fourth-order valence-corrected chi connectivity index (χ4v) is 2.50. The van der Waals surface area contributed by atoms with Crippen molar-refractivity contribution < 1.29 is 9.53 Å². The van der Waals surface area contributed by atoms with E-state index >= 15 is 0 Å². The van der Waals surface area contributed by atoms with E-state index in [1.165, 1.54) is 31.7 Å². The Morgan fingerprint density at radius 1 is 1.50 bits per heavy atom. The molecule has 0 aromatic carbocycles. The van der Waals surface area contributed by atoms with E-state index < -0.39 is 0 Å². The number of rotatable bonds is 4. The minimum absolute atomic E-state index is 0.0366. The molecule has 1 rings (SSSR count). The van der Waals surface area contributed by atoms with Crippen molar-refractivity contribution in [3.05, 3.63) is 0 Å². The Morgan fingerprint density at radius 3 is 2.71 bits per heavy atom. The second-order valence-electron chi connectivity index (χ2n) is 3.67. The minimum atomic E-state index is -0.0867. The van der Waals surface area contributed by atoms with Gasteiger partial charge in [-0.1, -0.05) is 6.92 Å². The monoisotopic (exact) mass is 217 g/mol. The molecule has 0 aromatic heterocycles. The van der Waals surface area contributed by atoms with Gasteiger partial charge in [-0.25, -0.2) is 0 Å². The van der Waals surface area contributed by atoms with Gasteiger partial charge in [0.05, 0.1) is 13.0 Å². The van der Waals surface area contributed by atoms with Crippen LogP contribution in [0.3, 0.4) is 0 Å². The molecule has 1 saturated heterocycles. The molecule has 0 aliphatic carbocycles. The summed E-state index contributed by atoms with van der Waals surface area (Å²) >= 11 is 2.01. The van der Waals surface area contributed by atoms with Crippen LogP contribution in [0.1, 0.15) is 13.3 Å². The molecule has 14 heavy (non-hydrogen) atoms. The largest absolute Gasteiger partial charge is 0.469 e. The molecule has 3 nitrogen and oxygen atoms in total. The Hall–Kier alpha value is -0.220. The summed E-state index contributed by atoms with van der Waals surface area (Å²) in [6.45, 7) is 5.29. The molecule has 1 atom stereocenters. The number of methoxy groups -OCH3 is 1. The van der Waals surface area contributed by atoms with Crippen molar-refractivity contribution in [2.24, 2.45) is 5.92 Å². The van der Waals surface area contributed by atoms with E-state index in [0.717, 1.165) is 13.0 Å². The maximum absolute atomic E-state index is 11.1. The van der Waals surface area contributed by atoms with Crippen LogP contribution in [0, 0.1) is 5.92 Å². The lowest BCUT2D eigenvalue weighted by Gasteiger charge is -2.26. The number of hydrogen-bond donors (Lipinski definition) is 0. The first-order valence-corrected chi connectivity index (χ1v) is 6.27. The summed E-state index contributed by atoms with van der Waals surface area (Å²) in [5.74, 6) is 2.41. The molecule has 0 radical (unpaired) electrons. The standard InChI is InChI=1S/C10H19NO2S/c1-9(10(12)13-2)3-4-11-5-7-14-8-6-11/h9H,3-8H2,1-2H3/t9-/m0/s1. The van der Waals surface area contributed by atoms with Crippen LogP contribution in [0.5, 0.6) is 0 Å². The topological polar surface area (TPSA) is 29.5 Å². The Balaban J connectivity index is 2.15. The van der Waals surface area contributed by atoms with Crippen molar-refractivity contribution in [2.75, 3.05) is 38.2 Å². The van der Waals surface area contributed by atoms with Gasteiger partial charge in [0.25, 0.3) is 0 Å². The van der Waals surface area contributed by atoms with Crippen LogP contribution in [-0.2, 0) is 9.53 Å². The first kappa shape index (κ1) is 11.9. The first-order valence-electron chi connectivity index (χ1n) is 5.12. The van der Waals surface area contributed by atoms with Crippen molar-refractivity contribution >= 4 is 17.7 Å². The summed E-state index contributed by atoms with van der Waals surface area (Å²) in [5, 5.41) is 0. The van der Waals surface area contributed by atoms with E-state index in [-0.39, 0.29) is 11.9 Å². The van der Waals surface area contributed by atoms with Gasteiger partial charge in [0.2, 0.25) is 0 Å². The van der Waals surface area contributed by atoms with Crippen molar-refractivity contribution in [1.82, 2.24) is 4.90 Å². The van der Waals surface area contributed by atoms with Crippen LogP contribution in [0.2, 0.25) is 0 Å². The van der Waals surface area contributed by atoms with Gasteiger partial charge < -0.3 is 9.64 Å². The molecule has 1 aliphatic rings. The van der Waals surface area contributed by atoms with Gasteiger partial charge in [0.1, 0.15) is 0 Å². The van der Waals surface area contributed by atoms with Gasteiger partial charge in [-0.2, -0.15) is 11.8 Å². The molecule has 0 amide bonds. The number of carbonyl (C=O) groups is 1. The fraction of sp³-hybridized carbons (Fsp3) is 0.900. The second kappa shape index (κ2) is 6.30. The highest BCUT2D eigenvalue weighted by Gasteiger charge is 2.16. The molecule has 1 fully saturated rings. The highest BCUT2D eigenvalue weighted by Crippen LogP contribution is 2.11. The quantitative estimate of drug-likeness (QED) is 0.663. The first-order chi connectivity index (χ1) is 6.74. The maximum atomic E-state index is 11.1. The van der Waals surface area contributed by atoms with Crippen LogP contribution in [0.15, 0.2) is 0 Å². The molecule has 1 aliphatic heterocycles. The zero-order chi connectivity index (χ0) is 10.4. The highest BCUT2D eigenvalue weighted by atomic mass is 32.2. The molecule has 0 aromatic rings. The van der Waals surface area contributed by atoms with Gasteiger partial charge >= 0.3 is 5.97 Å². The summed E-state index contributed by atoms with van der Waals surface area (Å²) in [6, 6.07) is 0. The van der Waals surface area contributed by atoms with Crippen LogP contribution < -0.4 is 0 Å². The molecule has 0 bridgehead atoms. The van der Waals surface area contributed by atoms with Crippen LogP contribution >= 0.6 is 11.8 Å². The zero-order valence-corrected chi connectivity index (χ0v) is 9.81. The summed E-state index contributed by atoms with van der Waals surface area (Å²) < 4.78 is 4.69. The highest BCUT2D eigenvalue weighted by molar-refractivity contribution is 7.99. The van der Waals surface area contributed by atoms with E-state index in [9.17, 15) is 4.79 Å². The average Bonchev–Trinajstić information content (AvgIpc) is 2.26. The van der Waals surface area contributed by atoms with Crippen molar-refractivity contribution in [3.8, 4) is 0 Å². The molecule has 1 heterocycles. The predicted molar refractivity (Wildman–Crippen MR) is 59.6 cm³/mol. The summed E-state index contributed by atoms with van der Waals surface area (Å²) in [7, 11) is 1.45. The molecule has 82 valence electrons. The van der Waals surface area contributed by atoms with Crippen LogP contribution in [0.4, 0.5) is 0 Å². The Bertz CT molecular complexity index is 181. The van der Waals surface area contributed by atoms with E-state index in [2.05, 4.69) is 4.90 Å². The minimum Gasteiger partial charge on any atom is -0.469 e. The SMILES string of the molecule is COC(=O)[C@@H](C)CCN1CCSCC1. The second-order valence-corrected chi connectivity index (χ2v) is 4.89. The Morgan fingerprint density at radius 2 is 2.14 bits per heavy atom. The normalized spacial score (nSPS) is 20.4. The van der Waals surface area contributed by atoms with Crippen LogP contribution in [-0.4, -0.2) is 49.1 Å². The molecule has 0 N–H and O–H groups in total. The summed E-state index contributed by atoms with van der Waals surface area (Å²) in [4.78, 5) is 13.6. The van der Waals surface area contributed by atoms with Gasteiger partial charge in [0.15, 0.2) is 0 Å². The third kappa shape index (κ3) is 3.88. The lowest BCUT2D eigenvalue weighted by molar-refractivity contribution is -0.145. The predicted octanol–water partition coefficient (Wildman–Crippen LogP) is 1.23. The number of nitrogens with zero attached hydrogens (tertiary/aromatic N) is 1. The Kier molecular flexibility index (Phi) is 5.33. The molecular formula is C10H19NO2S. The Labute approximate surface area is 90.2 Å². The van der Waals surface area contributed by atoms with Crippen molar-refractivity contribution in [1.29, 1.82) is 0 Å².